The molecule has 0 saturated heterocycles. The van der Waals surface area contributed by atoms with E-state index >= 15 is 0 Å². The van der Waals surface area contributed by atoms with Crippen molar-refractivity contribution >= 4 is 16.8 Å². The van der Waals surface area contributed by atoms with E-state index < -0.39 is 5.91 Å². The first-order chi connectivity index (χ1) is 9.15. The molecule has 0 fully saturated rings. The monoisotopic (exact) mass is 259 g/mol. The number of benzene rings is 1. The van der Waals surface area contributed by atoms with E-state index in [1.165, 1.54) is 0 Å². The normalized spacial score (nSPS) is 13.5. The van der Waals surface area contributed by atoms with Gasteiger partial charge in [0.25, 0.3) is 11.5 Å². The highest BCUT2D eigenvalue weighted by Gasteiger charge is 2.16. The molecule has 1 aliphatic heterocycles. The zero-order valence-corrected chi connectivity index (χ0v) is 10.3. The molecule has 0 bridgehead atoms. The van der Waals surface area contributed by atoms with Crippen molar-refractivity contribution in [3.05, 3.63) is 34.4 Å². The van der Waals surface area contributed by atoms with Gasteiger partial charge >= 0.3 is 0 Å². The molecule has 1 aromatic heterocycles. The number of aromatic nitrogens is 2. The van der Waals surface area contributed by atoms with Gasteiger partial charge in [0.2, 0.25) is 0 Å². The van der Waals surface area contributed by atoms with Crippen molar-refractivity contribution < 1.29 is 9.53 Å². The van der Waals surface area contributed by atoms with Gasteiger partial charge in [0.05, 0.1) is 10.9 Å². The second-order valence-electron chi connectivity index (χ2n) is 4.52. The average molecular weight is 259 g/mol. The lowest BCUT2D eigenvalue weighted by atomic mass is 10.2. The molecule has 2 N–H and O–H groups in total. The smallest absolute Gasteiger partial charge is 0.261 e. The van der Waals surface area contributed by atoms with E-state index in [4.69, 9.17) is 10.5 Å². The molecule has 0 aliphatic carbocycles. The van der Waals surface area contributed by atoms with Crippen molar-refractivity contribution in [2.75, 3.05) is 6.61 Å². The van der Waals surface area contributed by atoms with Gasteiger partial charge < -0.3 is 10.5 Å². The fraction of sp³-hybridized carbons (Fsp3) is 0.308. The molecule has 0 atom stereocenters. The highest BCUT2D eigenvalue weighted by atomic mass is 16.5. The average Bonchev–Trinajstić information content (AvgIpc) is 2.85. The molecule has 6 heteroatoms. The maximum Gasteiger partial charge on any atom is 0.261 e. The van der Waals surface area contributed by atoms with E-state index in [-0.39, 0.29) is 12.2 Å². The van der Waals surface area contributed by atoms with Crippen molar-refractivity contribution in [2.45, 2.75) is 19.4 Å². The van der Waals surface area contributed by atoms with Gasteiger partial charge in [-0.25, -0.2) is 4.98 Å². The van der Waals surface area contributed by atoms with Crippen molar-refractivity contribution in [1.82, 2.24) is 9.55 Å². The zero-order valence-electron chi connectivity index (χ0n) is 10.3. The molecule has 0 saturated carbocycles. The van der Waals surface area contributed by atoms with Crippen LogP contribution in [-0.2, 0) is 17.8 Å². The second kappa shape index (κ2) is 4.38. The third-order valence-corrected chi connectivity index (χ3v) is 3.17. The number of amides is 1. The predicted octanol–water partition coefficient (Wildman–Crippen LogP) is 0.207. The molecule has 6 nitrogen and oxygen atoms in total. The summed E-state index contributed by atoms with van der Waals surface area (Å²) in [5.41, 5.74) is 5.62. The summed E-state index contributed by atoms with van der Waals surface area (Å²) in [5, 5.41) is 0.507. The first kappa shape index (κ1) is 11.7. The number of nitrogens with zero attached hydrogens (tertiary/aromatic N) is 2. The van der Waals surface area contributed by atoms with E-state index in [1.54, 1.807) is 22.8 Å². The molecule has 1 amide bonds. The van der Waals surface area contributed by atoms with Gasteiger partial charge in [-0.1, -0.05) is 0 Å². The number of carbonyl (C=O) groups is 1. The molecule has 2 heterocycles. The quantitative estimate of drug-likeness (QED) is 0.853. The lowest BCUT2D eigenvalue weighted by Gasteiger charge is -2.07. The molecule has 3 rings (SSSR count). The number of nitrogens with two attached hydrogens (primary N) is 1. The molecule has 0 unspecified atom stereocenters. The fourth-order valence-electron chi connectivity index (χ4n) is 2.31. The first-order valence-corrected chi connectivity index (χ1v) is 6.10. The van der Waals surface area contributed by atoms with Crippen LogP contribution in [0.5, 0.6) is 5.75 Å². The largest absolute Gasteiger partial charge is 0.484 e. The number of hydrogen-bond donors (Lipinski definition) is 1. The van der Waals surface area contributed by atoms with Gasteiger partial charge in [0.1, 0.15) is 11.6 Å². The van der Waals surface area contributed by atoms with Gasteiger partial charge in [-0.15, -0.1) is 0 Å². The SMILES string of the molecule is NC(=O)COc1ccc2nc3n(c(=O)c2c1)CCC3. The summed E-state index contributed by atoms with van der Waals surface area (Å²) < 4.78 is 6.89. The fourth-order valence-corrected chi connectivity index (χ4v) is 2.31. The lowest BCUT2D eigenvalue weighted by molar-refractivity contribution is -0.119. The molecule has 1 aliphatic rings. The Morgan fingerprint density at radius 1 is 1.47 bits per heavy atom. The molecule has 2 aromatic rings. The Morgan fingerprint density at radius 2 is 2.32 bits per heavy atom. The lowest BCUT2D eigenvalue weighted by Crippen LogP contribution is -2.22. The van der Waals surface area contributed by atoms with Gasteiger partial charge in [-0.05, 0) is 24.6 Å². The number of fused-ring (bicyclic) bond motifs is 2. The van der Waals surface area contributed by atoms with Gasteiger partial charge in [0, 0.05) is 13.0 Å². The van der Waals surface area contributed by atoms with Crippen LogP contribution in [0.1, 0.15) is 12.2 Å². The van der Waals surface area contributed by atoms with E-state index in [0.29, 0.717) is 23.2 Å². The van der Waals surface area contributed by atoms with Crippen molar-refractivity contribution in [1.29, 1.82) is 0 Å². The molecule has 98 valence electrons. The van der Waals surface area contributed by atoms with Crippen LogP contribution in [0, 0.1) is 0 Å². The summed E-state index contributed by atoms with van der Waals surface area (Å²) in [5.74, 6) is 0.732. The summed E-state index contributed by atoms with van der Waals surface area (Å²) in [4.78, 5) is 27.4. The third kappa shape index (κ3) is 2.05. The number of primary amides is 1. The van der Waals surface area contributed by atoms with Crippen LogP contribution in [0.4, 0.5) is 0 Å². The third-order valence-electron chi connectivity index (χ3n) is 3.17. The van der Waals surface area contributed by atoms with Crippen molar-refractivity contribution in [3.63, 3.8) is 0 Å². The molecule has 1 aromatic carbocycles. The van der Waals surface area contributed by atoms with E-state index in [1.807, 2.05) is 0 Å². The Hall–Kier alpha value is -2.37. The Morgan fingerprint density at radius 3 is 3.11 bits per heavy atom. The molecule has 0 radical (unpaired) electrons. The standard InChI is InChI=1S/C13H13N3O3/c14-11(17)7-19-8-3-4-10-9(6-8)13(18)16-5-1-2-12(16)15-10/h3-4,6H,1-2,5,7H2,(H2,14,17). The van der Waals surface area contributed by atoms with Crippen LogP contribution < -0.4 is 16.0 Å². The van der Waals surface area contributed by atoms with Gasteiger partial charge in [0.15, 0.2) is 6.61 Å². The second-order valence-corrected chi connectivity index (χ2v) is 4.52. The highest BCUT2D eigenvalue weighted by Crippen LogP contribution is 2.19. The minimum atomic E-state index is -0.552. The Labute approximate surface area is 108 Å². The number of rotatable bonds is 3. The number of hydrogen-bond acceptors (Lipinski definition) is 4. The molecule has 19 heavy (non-hydrogen) atoms. The highest BCUT2D eigenvalue weighted by molar-refractivity contribution is 5.80. The molecular formula is C13H13N3O3. The minimum Gasteiger partial charge on any atom is -0.484 e. The molecule has 0 spiro atoms. The van der Waals surface area contributed by atoms with E-state index in [0.717, 1.165) is 18.7 Å². The van der Waals surface area contributed by atoms with Crippen LogP contribution in [0.2, 0.25) is 0 Å². The van der Waals surface area contributed by atoms with Crippen LogP contribution in [0.15, 0.2) is 23.0 Å². The molecular weight excluding hydrogens is 246 g/mol. The summed E-state index contributed by atoms with van der Waals surface area (Å²) in [6.07, 6.45) is 1.79. The van der Waals surface area contributed by atoms with Gasteiger partial charge in [-0.2, -0.15) is 0 Å². The maximum atomic E-state index is 12.3. The van der Waals surface area contributed by atoms with Crippen LogP contribution in [-0.4, -0.2) is 22.1 Å². The van der Waals surface area contributed by atoms with Crippen molar-refractivity contribution in [2.24, 2.45) is 5.73 Å². The summed E-state index contributed by atoms with van der Waals surface area (Å²) in [7, 11) is 0. The topological polar surface area (TPSA) is 87.2 Å². The number of ether oxygens (including phenoxy) is 1. The first-order valence-electron chi connectivity index (χ1n) is 6.10. The maximum absolute atomic E-state index is 12.3. The Balaban J connectivity index is 2.07. The van der Waals surface area contributed by atoms with E-state index in [2.05, 4.69) is 4.98 Å². The summed E-state index contributed by atoms with van der Waals surface area (Å²) in [6, 6.07) is 5.02. The van der Waals surface area contributed by atoms with Crippen LogP contribution >= 0.6 is 0 Å². The summed E-state index contributed by atoms with van der Waals surface area (Å²) in [6.45, 7) is 0.509. The van der Waals surface area contributed by atoms with Crippen LogP contribution in [0.25, 0.3) is 10.9 Å². The predicted molar refractivity (Wildman–Crippen MR) is 69.0 cm³/mol. The zero-order chi connectivity index (χ0) is 13.4. The van der Waals surface area contributed by atoms with Crippen molar-refractivity contribution in [3.8, 4) is 5.75 Å². The summed E-state index contributed by atoms with van der Waals surface area (Å²) >= 11 is 0. The Kier molecular flexibility index (Phi) is 2.70. The minimum absolute atomic E-state index is 0.0537. The van der Waals surface area contributed by atoms with Gasteiger partial charge in [-0.3, -0.25) is 14.2 Å². The Bertz CT molecular complexity index is 721. The van der Waals surface area contributed by atoms with E-state index in [9.17, 15) is 9.59 Å². The number of aryl methyl sites for hydroxylation is 1. The number of carbonyl (C=O) groups excluding carboxylic acids is 1. The van der Waals surface area contributed by atoms with Crippen LogP contribution in [0.3, 0.4) is 0 Å².